The van der Waals surface area contributed by atoms with Crippen LogP contribution in [0.3, 0.4) is 0 Å². The number of urea groups is 1. The molecule has 0 atom stereocenters. The van der Waals surface area contributed by atoms with Gasteiger partial charge in [0.2, 0.25) is 0 Å². The molecule has 0 radical (unpaired) electrons. The second kappa shape index (κ2) is 7.19. The average molecular weight is 334 g/mol. The van der Waals surface area contributed by atoms with Crippen LogP contribution in [0, 0.1) is 0 Å². The van der Waals surface area contributed by atoms with Crippen LogP contribution in [-0.4, -0.2) is 24.2 Å². The lowest BCUT2D eigenvalue weighted by atomic mass is 10.2. The van der Waals surface area contributed by atoms with Crippen LogP contribution in [0.1, 0.15) is 12.0 Å². The standard InChI is InChI=1S/C16H16ClN3O3/c17-13-8-11(9-14-15(13)23-7-1-6-22-14)10-19-16(21)20-12-2-4-18-5-3-12/h2-5,8-9H,1,6-7,10H2,(H2,18,19,20,21). The maximum Gasteiger partial charge on any atom is 0.319 e. The zero-order valence-corrected chi connectivity index (χ0v) is 13.1. The summed E-state index contributed by atoms with van der Waals surface area (Å²) >= 11 is 6.22. The minimum Gasteiger partial charge on any atom is -0.489 e. The van der Waals surface area contributed by atoms with Crippen LogP contribution in [0.25, 0.3) is 0 Å². The number of anilines is 1. The number of carbonyl (C=O) groups is 1. The Bertz CT molecular complexity index is 694. The Balaban J connectivity index is 1.63. The Kier molecular flexibility index (Phi) is 4.83. The minimum atomic E-state index is -0.306. The van der Waals surface area contributed by atoms with Gasteiger partial charge in [0.1, 0.15) is 0 Å². The number of aromatic nitrogens is 1. The second-order valence-corrected chi connectivity index (χ2v) is 5.41. The Hall–Kier alpha value is -2.47. The molecular weight excluding hydrogens is 318 g/mol. The topological polar surface area (TPSA) is 72.5 Å². The molecule has 23 heavy (non-hydrogen) atoms. The molecule has 0 unspecified atom stereocenters. The number of carbonyl (C=O) groups excluding carboxylic acids is 1. The van der Waals surface area contributed by atoms with Crippen LogP contribution < -0.4 is 20.1 Å². The number of ether oxygens (including phenoxy) is 2. The van der Waals surface area contributed by atoms with Crippen LogP contribution in [0.4, 0.5) is 10.5 Å². The van der Waals surface area contributed by atoms with E-state index in [-0.39, 0.29) is 6.03 Å². The van der Waals surface area contributed by atoms with E-state index in [0.29, 0.717) is 42.0 Å². The van der Waals surface area contributed by atoms with Gasteiger partial charge in [0, 0.05) is 31.0 Å². The van der Waals surface area contributed by atoms with E-state index >= 15 is 0 Å². The van der Waals surface area contributed by atoms with Crippen molar-refractivity contribution >= 4 is 23.3 Å². The van der Waals surface area contributed by atoms with Crippen LogP contribution in [-0.2, 0) is 6.54 Å². The number of fused-ring (bicyclic) bond motifs is 1. The van der Waals surface area contributed by atoms with E-state index in [4.69, 9.17) is 21.1 Å². The lowest BCUT2D eigenvalue weighted by Gasteiger charge is -2.12. The van der Waals surface area contributed by atoms with Crippen molar-refractivity contribution in [1.29, 1.82) is 0 Å². The summed E-state index contributed by atoms with van der Waals surface area (Å²) in [6.07, 6.45) is 4.03. The van der Waals surface area contributed by atoms with E-state index < -0.39 is 0 Å². The predicted octanol–water partition coefficient (Wildman–Crippen LogP) is 3.22. The van der Waals surface area contributed by atoms with Gasteiger partial charge in [-0.05, 0) is 29.8 Å². The highest BCUT2D eigenvalue weighted by molar-refractivity contribution is 6.32. The molecule has 1 aliphatic rings. The van der Waals surface area contributed by atoms with Crippen molar-refractivity contribution in [1.82, 2.24) is 10.3 Å². The molecule has 7 heteroatoms. The molecule has 2 N–H and O–H groups in total. The van der Waals surface area contributed by atoms with E-state index in [1.165, 1.54) is 0 Å². The quantitative estimate of drug-likeness (QED) is 0.904. The van der Waals surface area contributed by atoms with E-state index in [9.17, 15) is 4.79 Å². The van der Waals surface area contributed by atoms with Gasteiger partial charge in [-0.25, -0.2) is 4.79 Å². The first-order chi connectivity index (χ1) is 11.2. The summed E-state index contributed by atoms with van der Waals surface area (Å²) < 4.78 is 11.2. The lowest BCUT2D eigenvalue weighted by Crippen LogP contribution is -2.28. The fourth-order valence-electron chi connectivity index (χ4n) is 2.18. The number of rotatable bonds is 3. The highest BCUT2D eigenvalue weighted by Gasteiger charge is 2.15. The SMILES string of the molecule is O=C(NCc1cc(Cl)c2c(c1)OCCCO2)Nc1ccncc1. The molecule has 0 saturated carbocycles. The lowest BCUT2D eigenvalue weighted by molar-refractivity contribution is 0.251. The average Bonchev–Trinajstić information content (AvgIpc) is 2.80. The third-order valence-electron chi connectivity index (χ3n) is 3.25. The molecule has 0 fully saturated rings. The molecule has 0 saturated heterocycles. The largest absolute Gasteiger partial charge is 0.489 e. The van der Waals surface area contributed by atoms with Gasteiger partial charge in [-0.2, -0.15) is 0 Å². The Morgan fingerprint density at radius 3 is 2.83 bits per heavy atom. The van der Waals surface area contributed by atoms with E-state index in [0.717, 1.165) is 12.0 Å². The molecule has 1 aliphatic heterocycles. The maximum atomic E-state index is 11.9. The van der Waals surface area contributed by atoms with Gasteiger partial charge in [0.25, 0.3) is 0 Å². The van der Waals surface area contributed by atoms with Gasteiger partial charge in [-0.1, -0.05) is 11.6 Å². The summed E-state index contributed by atoms with van der Waals surface area (Å²) in [7, 11) is 0. The van der Waals surface area contributed by atoms with Gasteiger partial charge in [-0.3, -0.25) is 4.98 Å². The number of halogens is 1. The molecule has 2 aromatic rings. The summed E-state index contributed by atoms with van der Waals surface area (Å²) in [5, 5.41) is 5.97. The van der Waals surface area contributed by atoms with Crippen molar-refractivity contribution in [3.05, 3.63) is 47.2 Å². The summed E-state index contributed by atoms with van der Waals surface area (Å²) in [5.74, 6) is 1.18. The van der Waals surface area contributed by atoms with Crippen molar-refractivity contribution in [2.24, 2.45) is 0 Å². The van der Waals surface area contributed by atoms with Crippen LogP contribution in [0.2, 0.25) is 5.02 Å². The molecular formula is C16H16ClN3O3. The summed E-state index contributed by atoms with van der Waals surface area (Å²) in [6, 6.07) is 6.72. The second-order valence-electron chi connectivity index (χ2n) is 5.00. The van der Waals surface area contributed by atoms with Crippen molar-refractivity contribution in [2.45, 2.75) is 13.0 Å². The Labute approximate surface area is 138 Å². The molecule has 1 aromatic carbocycles. The van der Waals surface area contributed by atoms with Crippen LogP contribution in [0.15, 0.2) is 36.7 Å². The van der Waals surface area contributed by atoms with Crippen molar-refractivity contribution in [2.75, 3.05) is 18.5 Å². The highest BCUT2D eigenvalue weighted by Crippen LogP contribution is 2.37. The van der Waals surface area contributed by atoms with Gasteiger partial charge >= 0.3 is 6.03 Å². The first-order valence-corrected chi connectivity index (χ1v) is 7.63. The molecule has 2 heterocycles. The van der Waals surface area contributed by atoms with Gasteiger partial charge in [-0.15, -0.1) is 0 Å². The van der Waals surface area contributed by atoms with Gasteiger partial charge in [0.15, 0.2) is 11.5 Å². The molecule has 1 aromatic heterocycles. The molecule has 3 rings (SSSR count). The zero-order chi connectivity index (χ0) is 16.1. The number of pyridine rings is 1. The van der Waals surface area contributed by atoms with Crippen molar-refractivity contribution in [3.8, 4) is 11.5 Å². The molecule has 2 amide bonds. The first kappa shape index (κ1) is 15.4. The molecule has 0 aliphatic carbocycles. The van der Waals surface area contributed by atoms with Gasteiger partial charge in [0.05, 0.1) is 18.2 Å². The number of benzene rings is 1. The highest BCUT2D eigenvalue weighted by atomic mass is 35.5. The first-order valence-electron chi connectivity index (χ1n) is 7.25. The summed E-state index contributed by atoms with van der Waals surface area (Å²) in [6.45, 7) is 1.49. The molecule has 120 valence electrons. The van der Waals surface area contributed by atoms with Crippen LogP contribution >= 0.6 is 11.6 Å². The smallest absolute Gasteiger partial charge is 0.319 e. The number of amides is 2. The number of nitrogens with zero attached hydrogens (tertiary/aromatic N) is 1. The van der Waals surface area contributed by atoms with Crippen molar-refractivity contribution in [3.63, 3.8) is 0 Å². The Morgan fingerprint density at radius 2 is 2.00 bits per heavy atom. The number of nitrogens with one attached hydrogen (secondary N) is 2. The number of hydrogen-bond donors (Lipinski definition) is 2. The molecule has 0 spiro atoms. The van der Waals surface area contributed by atoms with E-state index in [1.54, 1.807) is 30.6 Å². The minimum absolute atomic E-state index is 0.306. The predicted molar refractivity (Wildman–Crippen MR) is 87.2 cm³/mol. The van der Waals surface area contributed by atoms with E-state index in [2.05, 4.69) is 15.6 Å². The molecule has 6 nitrogen and oxygen atoms in total. The van der Waals surface area contributed by atoms with Crippen molar-refractivity contribution < 1.29 is 14.3 Å². The summed E-state index contributed by atoms with van der Waals surface area (Å²) in [5.41, 5.74) is 1.51. The molecule has 0 bridgehead atoms. The summed E-state index contributed by atoms with van der Waals surface area (Å²) in [4.78, 5) is 15.8. The fraction of sp³-hybridized carbons (Fsp3) is 0.250. The Morgan fingerprint density at radius 1 is 1.22 bits per heavy atom. The monoisotopic (exact) mass is 333 g/mol. The van der Waals surface area contributed by atoms with Crippen LogP contribution in [0.5, 0.6) is 11.5 Å². The normalized spacial score (nSPS) is 13.1. The van der Waals surface area contributed by atoms with E-state index in [1.807, 2.05) is 6.07 Å². The third-order valence-corrected chi connectivity index (χ3v) is 3.53. The maximum absolute atomic E-state index is 11.9. The fourth-order valence-corrected chi connectivity index (χ4v) is 2.47. The zero-order valence-electron chi connectivity index (χ0n) is 12.3. The van der Waals surface area contributed by atoms with Gasteiger partial charge < -0.3 is 20.1 Å². The number of hydrogen-bond acceptors (Lipinski definition) is 4. The third kappa shape index (κ3) is 4.04.